The van der Waals surface area contributed by atoms with Crippen molar-refractivity contribution in [2.24, 2.45) is 5.92 Å². The molecule has 1 aromatic heterocycles. The first-order valence-electron chi connectivity index (χ1n) is 16.3. The smallest absolute Gasteiger partial charge is 0.323 e. The van der Waals surface area contributed by atoms with Crippen LogP contribution in [0.2, 0.25) is 0 Å². The van der Waals surface area contributed by atoms with Crippen LogP contribution in [0.5, 0.6) is 5.75 Å². The van der Waals surface area contributed by atoms with Crippen molar-refractivity contribution in [1.82, 2.24) is 14.4 Å². The molecule has 0 saturated carbocycles. The first-order valence-corrected chi connectivity index (χ1v) is 17.7. The molecule has 0 unspecified atom stereocenters. The molecule has 2 heterocycles. The Balaban J connectivity index is 1.63. The van der Waals surface area contributed by atoms with Gasteiger partial charge in [-0.2, -0.15) is 4.31 Å². The number of hydrogen-bond donors (Lipinski definition) is 3. The second kappa shape index (κ2) is 16.6. The number of nitrogens with one attached hydrogen (secondary N) is 2. The molecule has 0 radical (unpaired) electrons. The average Bonchev–Trinajstić information content (AvgIpc) is 3.38. The summed E-state index contributed by atoms with van der Waals surface area (Å²) in [5.41, 5.74) is 1.46. The number of aliphatic hydroxyl groups excluding tert-OH is 1. The number of anilines is 2. The fraction of sp³-hybridized carbons (Fsp3) is 0.500. The van der Waals surface area contributed by atoms with E-state index in [9.17, 15) is 27.5 Å². The van der Waals surface area contributed by atoms with Crippen LogP contribution in [0.4, 0.5) is 20.6 Å². The highest BCUT2D eigenvalue weighted by atomic mass is 32.2. The summed E-state index contributed by atoms with van der Waals surface area (Å²) in [4.78, 5) is 28.7. The summed E-state index contributed by atoms with van der Waals surface area (Å²) in [5.74, 6) is -0.617. The molecule has 0 saturated heterocycles. The number of amides is 3. The van der Waals surface area contributed by atoms with E-state index in [1.165, 1.54) is 34.5 Å². The molecule has 0 aliphatic carbocycles. The number of halogens is 1. The van der Waals surface area contributed by atoms with Gasteiger partial charge in [-0.25, -0.2) is 17.6 Å². The van der Waals surface area contributed by atoms with E-state index in [1.807, 2.05) is 13.8 Å². The molecule has 0 fully saturated rings. The van der Waals surface area contributed by atoms with E-state index in [0.29, 0.717) is 48.0 Å². The summed E-state index contributed by atoms with van der Waals surface area (Å²) < 4.78 is 59.0. The zero-order chi connectivity index (χ0) is 35.9. The van der Waals surface area contributed by atoms with Crippen LogP contribution in [0.3, 0.4) is 0 Å². The number of sulfonamides is 1. The topological polar surface area (TPSA) is 164 Å². The van der Waals surface area contributed by atoms with Gasteiger partial charge in [-0.15, -0.1) is 0 Å². The lowest BCUT2D eigenvalue weighted by Crippen LogP contribution is -2.48. The number of carbonyl (C=O) groups is 2. The molecule has 4 rings (SSSR count). The second-order valence-electron chi connectivity index (χ2n) is 12.5. The predicted octanol–water partition coefficient (Wildman–Crippen LogP) is 5.19. The number of urea groups is 1. The lowest BCUT2D eigenvalue weighted by atomic mass is 10.0. The van der Waals surface area contributed by atoms with Crippen LogP contribution in [0.1, 0.15) is 61.8 Å². The minimum absolute atomic E-state index is 0.0270. The van der Waals surface area contributed by atoms with Crippen LogP contribution >= 0.6 is 0 Å². The van der Waals surface area contributed by atoms with Crippen LogP contribution in [0.25, 0.3) is 0 Å². The largest absolute Gasteiger partial charge is 0.490 e. The van der Waals surface area contributed by atoms with Gasteiger partial charge in [-0.3, -0.25) is 4.79 Å². The lowest BCUT2D eigenvalue weighted by Gasteiger charge is -2.35. The Hall–Kier alpha value is -4.05. The lowest BCUT2D eigenvalue weighted by molar-refractivity contribution is -0.00834. The molecule has 2 aromatic carbocycles. The molecule has 49 heavy (non-hydrogen) atoms. The van der Waals surface area contributed by atoms with Gasteiger partial charge >= 0.3 is 6.03 Å². The summed E-state index contributed by atoms with van der Waals surface area (Å²) in [6.07, 6.45) is 1.22. The average molecular weight is 704 g/mol. The summed E-state index contributed by atoms with van der Waals surface area (Å²) in [6, 6.07) is 8.22. The minimum Gasteiger partial charge on any atom is -0.490 e. The van der Waals surface area contributed by atoms with Gasteiger partial charge in [-0.05, 0) is 89.4 Å². The standard InChI is InChI=1S/C34H46FN5O8S/c1-21-18-40(22(2)20-41)33(42)29-17-27(36-34(43)37-32-24(4)38-48-25(32)5)12-15-30(29)47-23(3)9-7-8-16-46-31(21)19-39(6)49(44,45)28-13-10-26(35)11-14-28/h10-15,17,21-23,31,41H,7-9,16,18-20H2,1-6H3,(H2,36,37,43)/t21-,22-,23-,31+/m1/s1. The molecule has 3 aromatic rings. The van der Waals surface area contributed by atoms with Crippen LogP contribution in [-0.2, 0) is 14.8 Å². The van der Waals surface area contributed by atoms with Gasteiger partial charge in [0.1, 0.15) is 22.9 Å². The Bertz CT molecular complexity index is 1680. The van der Waals surface area contributed by atoms with Crippen molar-refractivity contribution in [3.63, 3.8) is 0 Å². The molecule has 1 aliphatic heterocycles. The summed E-state index contributed by atoms with van der Waals surface area (Å²) in [6.45, 7) is 8.94. The molecule has 1 aliphatic rings. The molecule has 0 bridgehead atoms. The molecule has 0 spiro atoms. The number of nitrogens with zero attached hydrogens (tertiary/aromatic N) is 3. The Labute approximate surface area is 286 Å². The second-order valence-corrected chi connectivity index (χ2v) is 14.6. The molecule has 3 N–H and O–H groups in total. The maximum atomic E-state index is 14.4. The fourth-order valence-electron chi connectivity index (χ4n) is 5.54. The maximum Gasteiger partial charge on any atom is 0.323 e. The highest BCUT2D eigenvalue weighted by Gasteiger charge is 2.32. The molecule has 3 amide bonds. The molecule has 15 heteroatoms. The van der Waals surface area contributed by atoms with Crippen molar-refractivity contribution < 1.29 is 41.5 Å². The van der Waals surface area contributed by atoms with E-state index in [1.54, 1.807) is 32.9 Å². The van der Waals surface area contributed by atoms with Gasteiger partial charge in [0.15, 0.2) is 5.76 Å². The van der Waals surface area contributed by atoms with Crippen LogP contribution in [-0.4, -0.2) is 91.4 Å². The normalized spacial score (nSPS) is 20.2. The molecule has 268 valence electrons. The quantitative estimate of drug-likeness (QED) is 0.287. The first kappa shape index (κ1) is 37.8. The Morgan fingerprint density at radius 2 is 1.86 bits per heavy atom. The summed E-state index contributed by atoms with van der Waals surface area (Å²) in [5, 5.41) is 19.5. The van der Waals surface area contributed by atoms with E-state index in [4.69, 9.17) is 14.0 Å². The van der Waals surface area contributed by atoms with Crippen molar-refractivity contribution in [3.8, 4) is 5.75 Å². The van der Waals surface area contributed by atoms with E-state index < -0.39 is 45.8 Å². The number of carbonyl (C=O) groups excluding carboxylic acids is 2. The van der Waals surface area contributed by atoms with Crippen molar-refractivity contribution in [1.29, 1.82) is 0 Å². The number of aromatic nitrogens is 1. The van der Waals surface area contributed by atoms with Gasteiger partial charge in [0.25, 0.3) is 5.91 Å². The van der Waals surface area contributed by atoms with Crippen molar-refractivity contribution in [2.75, 3.05) is 44.0 Å². The Kier molecular flexibility index (Phi) is 12.8. The monoisotopic (exact) mass is 703 g/mol. The van der Waals surface area contributed by atoms with E-state index >= 15 is 0 Å². The molecular weight excluding hydrogens is 657 g/mol. The highest BCUT2D eigenvalue weighted by Crippen LogP contribution is 2.29. The highest BCUT2D eigenvalue weighted by molar-refractivity contribution is 7.89. The van der Waals surface area contributed by atoms with E-state index in [0.717, 1.165) is 18.6 Å². The summed E-state index contributed by atoms with van der Waals surface area (Å²) >= 11 is 0. The van der Waals surface area contributed by atoms with E-state index in [2.05, 4.69) is 15.8 Å². The van der Waals surface area contributed by atoms with Crippen LogP contribution < -0.4 is 15.4 Å². The van der Waals surface area contributed by atoms with Crippen molar-refractivity contribution in [2.45, 2.75) is 77.0 Å². The third-order valence-corrected chi connectivity index (χ3v) is 10.4. The third kappa shape index (κ3) is 9.56. The number of aliphatic hydroxyl groups is 1. The van der Waals surface area contributed by atoms with Crippen molar-refractivity contribution in [3.05, 3.63) is 65.3 Å². The first-order chi connectivity index (χ1) is 23.2. The predicted molar refractivity (Wildman–Crippen MR) is 182 cm³/mol. The zero-order valence-corrected chi connectivity index (χ0v) is 29.5. The SMILES string of the molecule is Cc1noc(C)c1NC(=O)Nc1ccc2c(c1)C(=O)N([C@H](C)CO)C[C@@H](C)[C@H](CN(C)S(=O)(=O)c1ccc(F)cc1)OCCCC[C@@H](C)O2. The number of ether oxygens (including phenoxy) is 2. The van der Waals surface area contributed by atoms with Crippen LogP contribution in [0.15, 0.2) is 51.9 Å². The van der Waals surface area contributed by atoms with E-state index in [-0.39, 0.29) is 36.3 Å². The van der Waals surface area contributed by atoms with Gasteiger partial charge in [0.05, 0.1) is 35.3 Å². The number of fused-ring (bicyclic) bond motifs is 1. The van der Waals surface area contributed by atoms with Gasteiger partial charge in [0, 0.05) is 38.3 Å². The third-order valence-electron chi connectivity index (χ3n) is 8.54. The maximum absolute atomic E-state index is 14.4. The minimum atomic E-state index is -3.97. The molecular formula is C34H46FN5O8S. The number of rotatable bonds is 8. The number of likely N-dealkylation sites (N-methyl/N-ethyl adjacent to an activating group) is 1. The fourth-order valence-corrected chi connectivity index (χ4v) is 6.72. The van der Waals surface area contributed by atoms with Crippen molar-refractivity contribution >= 4 is 33.3 Å². The molecule has 13 nitrogen and oxygen atoms in total. The van der Waals surface area contributed by atoms with Gasteiger partial charge in [-0.1, -0.05) is 12.1 Å². The Morgan fingerprint density at radius 3 is 2.51 bits per heavy atom. The number of aryl methyl sites for hydroxylation is 2. The summed E-state index contributed by atoms with van der Waals surface area (Å²) in [7, 11) is -2.53. The number of hydrogen-bond acceptors (Lipinski definition) is 9. The molecule has 4 atom stereocenters. The number of benzene rings is 2. The van der Waals surface area contributed by atoms with Gasteiger partial charge in [0.2, 0.25) is 10.0 Å². The zero-order valence-electron chi connectivity index (χ0n) is 28.7. The van der Waals surface area contributed by atoms with Gasteiger partial charge < -0.3 is 34.6 Å². The van der Waals surface area contributed by atoms with Crippen LogP contribution in [0, 0.1) is 25.6 Å². The Morgan fingerprint density at radius 1 is 1.14 bits per heavy atom.